The highest BCUT2D eigenvalue weighted by atomic mass is 35.5. The lowest BCUT2D eigenvalue weighted by Crippen LogP contribution is -2.36. The van der Waals surface area contributed by atoms with Gasteiger partial charge in [0.15, 0.2) is 0 Å². The number of rotatable bonds is 3. The summed E-state index contributed by atoms with van der Waals surface area (Å²) in [6.07, 6.45) is 0. The van der Waals surface area contributed by atoms with Crippen molar-refractivity contribution in [3.63, 3.8) is 0 Å². The van der Waals surface area contributed by atoms with E-state index in [1.54, 1.807) is 0 Å². The van der Waals surface area contributed by atoms with Crippen LogP contribution in [0.1, 0.15) is 20.8 Å². The molecular weight excluding hydrogens is 390 g/mol. The van der Waals surface area contributed by atoms with Crippen LogP contribution >= 0.6 is 11.6 Å². The maximum absolute atomic E-state index is 12.2. The van der Waals surface area contributed by atoms with Crippen LogP contribution in [0.15, 0.2) is 30.3 Å². The number of hydrogen-bond donors (Lipinski definition) is 2. The fraction of sp³-hybridized carbons (Fsp3) is 0.381. The van der Waals surface area contributed by atoms with Crippen molar-refractivity contribution in [2.75, 3.05) is 36.5 Å². The Morgan fingerprint density at radius 1 is 1.17 bits per heavy atom. The zero-order chi connectivity index (χ0) is 20.6. The molecule has 152 valence electrons. The third-order valence-corrected chi connectivity index (χ3v) is 5.19. The van der Waals surface area contributed by atoms with Crippen LogP contribution in [0.4, 0.5) is 11.6 Å². The number of aromatic nitrogens is 3. The summed E-state index contributed by atoms with van der Waals surface area (Å²) in [5.41, 5.74) is 3.13. The third-order valence-electron chi connectivity index (χ3n) is 4.90. The van der Waals surface area contributed by atoms with Crippen molar-refractivity contribution in [3.05, 3.63) is 35.5 Å². The van der Waals surface area contributed by atoms with Gasteiger partial charge in [-0.25, -0.2) is 0 Å². The second-order valence-electron chi connectivity index (χ2n) is 8.13. The van der Waals surface area contributed by atoms with Gasteiger partial charge in [0.05, 0.1) is 18.6 Å². The molecule has 0 spiro atoms. The average molecular weight is 414 g/mol. The van der Waals surface area contributed by atoms with Crippen molar-refractivity contribution in [1.82, 2.24) is 15.0 Å². The van der Waals surface area contributed by atoms with Gasteiger partial charge in [0.25, 0.3) is 0 Å². The van der Waals surface area contributed by atoms with Gasteiger partial charge in [-0.3, -0.25) is 10.1 Å². The fourth-order valence-electron chi connectivity index (χ4n) is 3.15. The van der Waals surface area contributed by atoms with E-state index < -0.39 is 5.41 Å². The molecule has 4 rings (SSSR count). The van der Waals surface area contributed by atoms with E-state index >= 15 is 0 Å². The summed E-state index contributed by atoms with van der Waals surface area (Å²) >= 11 is 6.35. The lowest BCUT2D eigenvalue weighted by atomic mass is 9.96. The van der Waals surface area contributed by atoms with Crippen molar-refractivity contribution in [1.29, 1.82) is 0 Å². The standard InChI is InChI=1S/C21H24ClN5O2/c1-21(2,3)19(28)26-20-24-17(22)15-12-16(23-18(15)25-20)13-4-6-14(7-5-13)27-8-10-29-11-9-27/h4-7,12H,8-11H2,1-3H3,(H2,23,24,25,26,28). The van der Waals surface area contributed by atoms with Gasteiger partial charge in [0.1, 0.15) is 10.8 Å². The van der Waals surface area contributed by atoms with E-state index in [4.69, 9.17) is 16.3 Å². The smallest absolute Gasteiger partial charge is 0.232 e. The third kappa shape index (κ3) is 4.21. The molecule has 8 heteroatoms. The zero-order valence-corrected chi connectivity index (χ0v) is 17.5. The summed E-state index contributed by atoms with van der Waals surface area (Å²) in [5, 5.41) is 3.74. The van der Waals surface area contributed by atoms with E-state index in [9.17, 15) is 4.79 Å². The minimum Gasteiger partial charge on any atom is -0.378 e. The van der Waals surface area contributed by atoms with Crippen LogP contribution in [0.25, 0.3) is 22.3 Å². The Kier molecular flexibility index (Phi) is 5.19. The van der Waals surface area contributed by atoms with Crippen molar-refractivity contribution < 1.29 is 9.53 Å². The summed E-state index contributed by atoms with van der Waals surface area (Å²) in [6, 6.07) is 10.3. The number of morpholine rings is 1. The number of anilines is 2. The largest absolute Gasteiger partial charge is 0.378 e. The Bertz CT molecular complexity index is 1030. The number of amides is 1. The summed E-state index contributed by atoms with van der Waals surface area (Å²) in [6.45, 7) is 8.81. The van der Waals surface area contributed by atoms with E-state index in [1.165, 1.54) is 5.69 Å². The molecule has 0 radical (unpaired) electrons. The summed E-state index contributed by atoms with van der Waals surface area (Å²) in [5.74, 6) is 0.0249. The van der Waals surface area contributed by atoms with Crippen LogP contribution in [0, 0.1) is 5.41 Å². The van der Waals surface area contributed by atoms with Gasteiger partial charge < -0.3 is 14.6 Å². The first-order valence-electron chi connectivity index (χ1n) is 9.62. The van der Waals surface area contributed by atoms with E-state index in [-0.39, 0.29) is 11.9 Å². The molecule has 2 aromatic heterocycles. The molecule has 0 bridgehead atoms. The summed E-state index contributed by atoms with van der Waals surface area (Å²) in [4.78, 5) is 26.5. The number of H-pyrrole nitrogens is 1. The number of fused-ring (bicyclic) bond motifs is 1. The number of carbonyl (C=O) groups is 1. The van der Waals surface area contributed by atoms with E-state index in [0.29, 0.717) is 16.2 Å². The molecule has 0 saturated carbocycles. The van der Waals surface area contributed by atoms with Crippen LogP contribution in [0.5, 0.6) is 0 Å². The first-order chi connectivity index (χ1) is 13.8. The molecule has 29 heavy (non-hydrogen) atoms. The second-order valence-corrected chi connectivity index (χ2v) is 8.49. The number of nitrogens with zero attached hydrogens (tertiary/aromatic N) is 3. The predicted octanol–water partition coefficient (Wildman–Crippen LogP) is 4.10. The van der Waals surface area contributed by atoms with Gasteiger partial charge in [-0.15, -0.1) is 0 Å². The highest BCUT2D eigenvalue weighted by Crippen LogP contribution is 2.29. The van der Waals surface area contributed by atoms with Gasteiger partial charge in [-0.05, 0) is 23.8 Å². The minimum atomic E-state index is -0.548. The van der Waals surface area contributed by atoms with Gasteiger partial charge in [0, 0.05) is 29.9 Å². The Morgan fingerprint density at radius 3 is 2.52 bits per heavy atom. The molecule has 7 nitrogen and oxygen atoms in total. The highest BCUT2D eigenvalue weighted by molar-refractivity contribution is 6.34. The van der Waals surface area contributed by atoms with Crippen LogP contribution in [-0.4, -0.2) is 47.2 Å². The molecule has 1 saturated heterocycles. The maximum Gasteiger partial charge on any atom is 0.232 e. The molecule has 3 heterocycles. The molecule has 0 atom stereocenters. The summed E-state index contributed by atoms with van der Waals surface area (Å²) in [7, 11) is 0. The van der Waals surface area contributed by atoms with Crippen molar-refractivity contribution >= 4 is 40.2 Å². The number of ether oxygens (including phenoxy) is 1. The molecule has 1 amide bonds. The van der Waals surface area contributed by atoms with E-state index in [1.807, 2.05) is 26.8 Å². The SMILES string of the molecule is CC(C)(C)C(=O)Nc1nc(Cl)c2cc(-c3ccc(N4CCOCC4)cc3)[nH]c2n1. The molecule has 1 aliphatic rings. The average Bonchev–Trinajstić information content (AvgIpc) is 3.13. The van der Waals surface area contributed by atoms with E-state index in [2.05, 4.69) is 49.4 Å². The molecule has 3 aromatic rings. The topological polar surface area (TPSA) is 83.1 Å². The molecule has 2 N–H and O–H groups in total. The second kappa shape index (κ2) is 7.65. The molecular formula is C21H24ClN5O2. The van der Waals surface area contributed by atoms with Gasteiger partial charge in [0.2, 0.25) is 11.9 Å². The highest BCUT2D eigenvalue weighted by Gasteiger charge is 2.23. The number of benzene rings is 1. The molecule has 0 aliphatic carbocycles. The van der Waals surface area contributed by atoms with Crippen molar-refractivity contribution in [3.8, 4) is 11.3 Å². The Balaban J connectivity index is 1.60. The van der Waals surface area contributed by atoms with Crippen LogP contribution in [0.2, 0.25) is 5.15 Å². The Labute approximate surface area is 174 Å². The number of aromatic amines is 1. The monoisotopic (exact) mass is 413 g/mol. The van der Waals surface area contributed by atoms with Crippen LogP contribution < -0.4 is 10.2 Å². The maximum atomic E-state index is 12.2. The number of hydrogen-bond acceptors (Lipinski definition) is 5. The Hall–Kier alpha value is -2.64. The predicted molar refractivity (Wildman–Crippen MR) is 115 cm³/mol. The van der Waals surface area contributed by atoms with Gasteiger partial charge >= 0.3 is 0 Å². The fourth-order valence-corrected chi connectivity index (χ4v) is 3.37. The Morgan fingerprint density at radius 2 is 1.86 bits per heavy atom. The first kappa shape index (κ1) is 19.7. The minimum absolute atomic E-state index is 0.168. The lowest BCUT2D eigenvalue weighted by Gasteiger charge is -2.28. The van der Waals surface area contributed by atoms with Crippen molar-refractivity contribution in [2.45, 2.75) is 20.8 Å². The first-order valence-corrected chi connectivity index (χ1v) is 10.00. The van der Waals surface area contributed by atoms with E-state index in [0.717, 1.165) is 37.6 Å². The van der Waals surface area contributed by atoms with Gasteiger partial charge in [-0.2, -0.15) is 9.97 Å². The molecule has 1 aromatic carbocycles. The van der Waals surface area contributed by atoms with Gasteiger partial charge in [-0.1, -0.05) is 44.5 Å². The summed E-state index contributed by atoms with van der Waals surface area (Å²) < 4.78 is 5.41. The van der Waals surface area contributed by atoms with Crippen LogP contribution in [-0.2, 0) is 9.53 Å². The number of carbonyl (C=O) groups excluding carboxylic acids is 1. The molecule has 0 unspecified atom stereocenters. The lowest BCUT2D eigenvalue weighted by molar-refractivity contribution is -0.123. The molecule has 1 aliphatic heterocycles. The van der Waals surface area contributed by atoms with Crippen molar-refractivity contribution in [2.24, 2.45) is 5.41 Å². The molecule has 1 fully saturated rings. The quantitative estimate of drug-likeness (QED) is 0.631. The normalized spacial score (nSPS) is 15.0. The zero-order valence-electron chi connectivity index (χ0n) is 16.8. The van der Waals surface area contributed by atoms with Crippen LogP contribution in [0.3, 0.4) is 0 Å². The number of nitrogens with one attached hydrogen (secondary N) is 2. The number of halogens is 1.